The van der Waals surface area contributed by atoms with Crippen LogP contribution >= 0.6 is 39.1 Å². The summed E-state index contributed by atoms with van der Waals surface area (Å²) in [5, 5.41) is 1.41. The third kappa shape index (κ3) is 3.71. The summed E-state index contributed by atoms with van der Waals surface area (Å²) < 4.78 is 0.867. The highest BCUT2D eigenvalue weighted by Gasteiger charge is 2.13. The molecule has 2 rings (SSSR count). The molecule has 2 nitrogen and oxygen atoms in total. The lowest BCUT2D eigenvalue weighted by Crippen LogP contribution is -2.29. The first-order valence-electron chi connectivity index (χ1n) is 5.76. The van der Waals surface area contributed by atoms with E-state index in [1.54, 1.807) is 0 Å². The molecule has 5 heteroatoms. The van der Waals surface area contributed by atoms with Gasteiger partial charge in [-0.1, -0.05) is 47.5 Å². The van der Waals surface area contributed by atoms with Gasteiger partial charge >= 0.3 is 0 Å². The van der Waals surface area contributed by atoms with Crippen molar-refractivity contribution in [3.63, 3.8) is 0 Å². The van der Waals surface area contributed by atoms with Crippen LogP contribution in [0.4, 0.5) is 0 Å². The van der Waals surface area contributed by atoms with Gasteiger partial charge in [0.2, 0.25) is 0 Å². The number of hydrogen-bond donors (Lipinski definition) is 2. The fourth-order valence-electron chi connectivity index (χ4n) is 1.89. The molecule has 1 atom stereocenters. The Hall–Kier alpha value is -0.580. The predicted molar refractivity (Wildman–Crippen MR) is 84.4 cm³/mol. The molecule has 0 fully saturated rings. The highest BCUT2D eigenvalue weighted by molar-refractivity contribution is 9.10. The topological polar surface area (TPSA) is 38.0 Å². The van der Waals surface area contributed by atoms with Gasteiger partial charge in [-0.15, -0.1) is 0 Å². The van der Waals surface area contributed by atoms with Gasteiger partial charge in [-0.05, 0) is 51.7 Å². The van der Waals surface area contributed by atoms with Crippen molar-refractivity contribution in [3.8, 4) is 0 Å². The van der Waals surface area contributed by atoms with E-state index in [1.807, 2.05) is 42.5 Å². The minimum atomic E-state index is -0.0366. The first-order chi connectivity index (χ1) is 9.11. The fraction of sp³-hybridized carbons (Fsp3) is 0.143. The Kier molecular flexibility index (Phi) is 5.25. The van der Waals surface area contributed by atoms with Crippen LogP contribution in [0.25, 0.3) is 0 Å². The first-order valence-corrected chi connectivity index (χ1v) is 7.31. The first kappa shape index (κ1) is 14.8. The van der Waals surface area contributed by atoms with Crippen molar-refractivity contribution in [2.75, 3.05) is 0 Å². The van der Waals surface area contributed by atoms with E-state index in [0.717, 1.165) is 20.6 Å². The third-order valence-electron chi connectivity index (χ3n) is 2.93. The second-order valence-corrected chi connectivity index (χ2v) is 5.86. The van der Waals surface area contributed by atoms with E-state index in [2.05, 4.69) is 21.4 Å². The Morgan fingerprint density at radius 3 is 2.47 bits per heavy atom. The van der Waals surface area contributed by atoms with Crippen molar-refractivity contribution in [1.29, 1.82) is 0 Å². The zero-order valence-corrected chi connectivity index (χ0v) is 13.1. The van der Waals surface area contributed by atoms with Gasteiger partial charge in [0.05, 0.1) is 11.1 Å². The largest absolute Gasteiger partial charge is 0.271 e. The van der Waals surface area contributed by atoms with Gasteiger partial charge in [-0.25, -0.2) is 0 Å². The zero-order chi connectivity index (χ0) is 13.8. The molecular weight excluding hydrogens is 347 g/mol. The normalized spacial score (nSPS) is 12.4. The third-order valence-corrected chi connectivity index (χ3v) is 4.53. The number of halogens is 3. The van der Waals surface area contributed by atoms with Gasteiger partial charge in [-0.3, -0.25) is 11.3 Å². The van der Waals surface area contributed by atoms with Crippen molar-refractivity contribution in [2.45, 2.75) is 12.5 Å². The Morgan fingerprint density at radius 2 is 1.84 bits per heavy atom. The van der Waals surface area contributed by atoms with Crippen LogP contribution < -0.4 is 11.3 Å². The summed E-state index contributed by atoms with van der Waals surface area (Å²) in [6.07, 6.45) is 0.703. The van der Waals surface area contributed by atoms with Gasteiger partial charge in [0.1, 0.15) is 0 Å². The molecule has 0 aromatic heterocycles. The predicted octanol–water partition coefficient (Wildman–Crippen LogP) is 4.50. The molecule has 100 valence electrons. The average Bonchev–Trinajstić information content (AvgIpc) is 2.41. The van der Waals surface area contributed by atoms with Crippen molar-refractivity contribution < 1.29 is 0 Å². The summed E-state index contributed by atoms with van der Waals surface area (Å²) in [4.78, 5) is 0. The molecule has 0 aliphatic heterocycles. The van der Waals surface area contributed by atoms with Crippen molar-refractivity contribution in [2.24, 2.45) is 5.84 Å². The molecule has 0 amide bonds. The van der Waals surface area contributed by atoms with Gasteiger partial charge in [0.25, 0.3) is 0 Å². The van der Waals surface area contributed by atoms with Crippen molar-refractivity contribution >= 4 is 39.1 Å². The van der Waals surface area contributed by atoms with E-state index in [9.17, 15) is 0 Å². The molecule has 0 aliphatic rings. The van der Waals surface area contributed by atoms with Gasteiger partial charge in [0.15, 0.2) is 0 Å². The van der Waals surface area contributed by atoms with E-state index in [-0.39, 0.29) is 6.04 Å². The van der Waals surface area contributed by atoms with Gasteiger partial charge < -0.3 is 0 Å². The molecule has 19 heavy (non-hydrogen) atoms. The van der Waals surface area contributed by atoms with Crippen LogP contribution in [-0.2, 0) is 6.42 Å². The fourth-order valence-corrected chi connectivity index (χ4v) is 2.53. The zero-order valence-electron chi connectivity index (χ0n) is 10.0. The van der Waals surface area contributed by atoms with E-state index >= 15 is 0 Å². The Labute approximate surface area is 131 Å². The molecule has 0 radical (unpaired) electrons. The van der Waals surface area contributed by atoms with E-state index < -0.39 is 0 Å². The number of benzene rings is 2. The molecule has 0 saturated heterocycles. The van der Waals surface area contributed by atoms with E-state index in [0.29, 0.717) is 11.4 Å². The number of nitrogens with one attached hydrogen (secondary N) is 1. The van der Waals surface area contributed by atoms with Crippen molar-refractivity contribution in [1.82, 2.24) is 5.43 Å². The second-order valence-electron chi connectivity index (χ2n) is 4.19. The molecule has 2 aromatic carbocycles. The van der Waals surface area contributed by atoms with Crippen LogP contribution in [0.5, 0.6) is 0 Å². The average molecular weight is 360 g/mol. The molecule has 3 N–H and O–H groups in total. The van der Waals surface area contributed by atoms with E-state index in [4.69, 9.17) is 29.0 Å². The summed E-state index contributed by atoms with van der Waals surface area (Å²) in [6, 6.07) is 13.5. The molecule has 1 unspecified atom stereocenters. The smallest absolute Gasteiger partial charge is 0.0551 e. The highest BCUT2D eigenvalue weighted by atomic mass is 79.9. The van der Waals surface area contributed by atoms with E-state index in [1.165, 1.54) is 0 Å². The maximum absolute atomic E-state index is 6.17. The maximum atomic E-state index is 6.17. The quantitative estimate of drug-likeness (QED) is 0.622. The molecule has 2 aromatic rings. The van der Waals surface area contributed by atoms with Crippen LogP contribution in [0.1, 0.15) is 17.2 Å². The number of nitrogens with two attached hydrogens (primary N) is 1. The van der Waals surface area contributed by atoms with Gasteiger partial charge in [0, 0.05) is 9.50 Å². The number of rotatable bonds is 4. The lowest BCUT2D eigenvalue weighted by molar-refractivity contribution is 0.552. The Morgan fingerprint density at radius 1 is 1.11 bits per heavy atom. The molecule has 0 saturated carbocycles. The molecule has 0 heterocycles. The number of hydrazine groups is 1. The van der Waals surface area contributed by atoms with Crippen LogP contribution in [0.15, 0.2) is 46.9 Å². The molecule has 0 aliphatic carbocycles. The SMILES string of the molecule is NNC(Cc1ccccc1Cl)c1ccc(Br)c(Cl)c1. The standard InChI is InChI=1S/C14H13BrCl2N2/c15-11-6-5-10(7-13(11)17)14(19-18)8-9-3-1-2-4-12(9)16/h1-7,14,19H,8,18H2. The second kappa shape index (κ2) is 6.73. The highest BCUT2D eigenvalue weighted by Crippen LogP contribution is 2.28. The number of hydrogen-bond acceptors (Lipinski definition) is 2. The Bertz CT molecular complexity index is 575. The summed E-state index contributed by atoms with van der Waals surface area (Å²) in [5.74, 6) is 5.64. The minimum absolute atomic E-state index is 0.0366. The van der Waals surface area contributed by atoms with Crippen LogP contribution in [0, 0.1) is 0 Å². The summed E-state index contributed by atoms with van der Waals surface area (Å²) in [7, 11) is 0. The monoisotopic (exact) mass is 358 g/mol. The Balaban J connectivity index is 2.25. The van der Waals surface area contributed by atoms with Crippen LogP contribution in [-0.4, -0.2) is 0 Å². The lowest BCUT2D eigenvalue weighted by atomic mass is 9.99. The lowest BCUT2D eigenvalue weighted by Gasteiger charge is -2.17. The summed E-state index contributed by atoms with van der Waals surface area (Å²) in [6.45, 7) is 0. The van der Waals surface area contributed by atoms with Crippen LogP contribution in [0.2, 0.25) is 10.0 Å². The molecule has 0 spiro atoms. The minimum Gasteiger partial charge on any atom is -0.271 e. The maximum Gasteiger partial charge on any atom is 0.0551 e. The molecular formula is C14H13BrCl2N2. The molecule has 0 bridgehead atoms. The summed E-state index contributed by atoms with van der Waals surface area (Å²) >= 11 is 15.6. The van der Waals surface area contributed by atoms with Crippen molar-refractivity contribution in [3.05, 3.63) is 68.1 Å². The van der Waals surface area contributed by atoms with Gasteiger partial charge in [-0.2, -0.15) is 0 Å². The summed E-state index contributed by atoms with van der Waals surface area (Å²) in [5.41, 5.74) is 4.88. The van der Waals surface area contributed by atoms with Crippen LogP contribution in [0.3, 0.4) is 0 Å².